The van der Waals surface area contributed by atoms with Crippen LogP contribution >= 0.6 is 0 Å². The minimum Gasteiger partial charge on any atom is -0.592 e. The zero-order valence-electron chi connectivity index (χ0n) is 10.4. The van der Waals surface area contributed by atoms with Gasteiger partial charge in [0.25, 0.3) is 5.29 Å². The fourth-order valence-electron chi connectivity index (χ4n) is 1.23. The second-order valence-electron chi connectivity index (χ2n) is 4.21. The van der Waals surface area contributed by atoms with Crippen molar-refractivity contribution in [1.82, 2.24) is 0 Å². The minimum absolute atomic E-state index is 0.00165. The Hall–Kier alpha value is -2.24. The lowest BCUT2D eigenvalue weighted by atomic mass is 10.0. The highest BCUT2D eigenvalue weighted by atomic mass is 16.6. The van der Waals surface area contributed by atoms with Gasteiger partial charge in [-0.3, -0.25) is 0 Å². The Morgan fingerprint density at radius 1 is 1.33 bits per heavy atom. The van der Waals surface area contributed by atoms with Crippen molar-refractivity contribution in [3.05, 3.63) is 46.0 Å². The topological polar surface area (TPSA) is 81.8 Å². The number of nitroso groups, excluding NO2 is 1. The molecule has 0 aliphatic rings. The summed E-state index contributed by atoms with van der Waals surface area (Å²) in [5, 5.41) is 13.3. The minimum atomic E-state index is -1.21. The van der Waals surface area contributed by atoms with Crippen molar-refractivity contribution >= 4 is 11.7 Å². The Morgan fingerprint density at radius 3 is 2.39 bits per heavy atom. The first-order chi connectivity index (χ1) is 8.38. The van der Waals surface area contributed by atoms with Gasteiger partial charge in [0.05, 0.1) is 5.56 Å². The fourth-order valence-corrected chi connectivity index (χ4v) is 1.23. The van der Waals surface area contributed by atoms with Crippen molar-refractivity contribution in [3.8, 4) is 0 Å². The largest absolute Gasteiger partial charge is 0.592 e. The normalized spacial score (nSPS) is 12.6. The molecule has 0 fully saturated rings. The molecule has 0 radical (unpaired) electrons. The number of ether oxygens (including phenoxy) is 1. The van der Waals surface area contributed by atoms with Crippen molar-refractivity contribution in [2.24, 2.45) is 5.29 Å². The van der Waals surface area contributed by atoms with E-state index in [1.165, 1.54) is 20.8 Å². The third-order valence-electron chi connectivity index (χ3n) is 2.59. The third kappa shape index (κ3) is 3.13. The summed E-state index contributed by atoms with van der Waals surface area (Å²) in [5.41, 5.74) is -0.834. The van der Waals surface area contributed by atoms with Gasteiger partial charge in [-0.15, -0.1) is 0 Å². The van der Waals surface area contributed by atoms with Crippen molar-refractivity contribution in [3.63, 3.8) is 0 Å². The van der Waals surface area contributed by atoms with Crippen molar-refractivity contribution < 1.29 is 14.4 Å². The monoisotopic (exact) mass is 250 g/mol. The molecule has 1 rings (SSSR count). The number of benzene rings is 1. The first-order valence-electron chi connectivity index (χ1n) is 5.31. The SMILES string of the molecule is C/C(=[N+](\[O-])N=O)C(C)(C)OC(=O)c1ccccc1. The van der Waals surface area contributed by atoms with Crippen LogP contribution < -0.4 is 0 Å². The number of hydrogen-bond acceptors (Lipinski definition) is 5. The van der Waals surface area contributed by atoms with Crippen LogP contribution in [0.3, 0.4) is 0 Å². The Labute approximate surface area is 104 Å². The van der Waals surface area contributed by atoms with Gasteiger partial charge in [-0.1, -0.05) is 23.1 Å². The molecule has 18 heavy (non-hydrogen) atoms. The lowest BCUT2D eigenvalue weighted by Gasteiger charge is -2.21. The van der Waals surface area contributed by atoms with E-state index in [-0.39, 0.29) is 10.6 Å². The molecular weight excluding hydrogens is 236 g/mol. The molecule has 0 unspecified atom stereocenters. The maximum Gasteiger partial charge on any atom is 0.339 e. The van der Waals surface area contributed by atoms with Gasteiger partial charge in [-0.2, -0.15) is 0 Å². The number of hydrogen-bond donors (Lipinski definition) is 0. The van der Waals surface area contributed by atoms with E-state index in [2.05, 4.69) is 5.29 Å². The van der Waals surface area contributed by atoms with E-state index in [4.69, 9.17) is 4.74 Å². The quantitative estimate of drug-likeness (QED) is 0.205. The molecule has 0 aliphatic heterocycles. The zero-order chi connectivity index (χ0) is 13.8. The van der Waals surface area contributed by atoms with Crippen LogP contribution in [0.15, 0.2) is 35.6 Å². The molecule has 0 N–H and O–H groups in total. The van der Waals surface area contributed by atoms with Crippen LogP contribution in [0.4, 0.5) is 0 Å². The Bertz CT molecular complexity index is 480. The summed E-state index contributed by atoms with van der Waals surface area (Å²) in [6, 6.07) is 8.37. The maximum absolute atomic E-state index is 11.8. The molecule has 0 atom stereocenters. The summed E-state index contributed by atoms with van der Waals surface area (Å²) in [5.74, 6) is -0.570. The maximum atomic E-state index is 11.8. The van der Waals surface area contributed by atoms with Gasteiger partial charge in [-0.25, -0.2) is 4.79 Å². The van der Waals surface area contributed by atoms with E-state index in [1.54, 1.807) is 30.3 Å². The highest BCUT2D eigenvalue weighted by Crippen LogP contribution is 2.15. The smallest absolute Gasteiger partial charge is 0.339 e. The van der Waals surface area contributed by atoms with Gasteiger partial charge >= 0.3 is 5.97 Å². The molecular formula is C12H14N2O4. The number of carbonyl (C=O) groups excluding carboxylic acids is 1. The van der Waals surface area contributed by atoms with Gasteiger partial charge < -0.3 is 9.94 Å². The molecule has 6 heteroatoms. The second-order valence-corrected chi connectivity index (χ2v) is 4.21. The van der Waals surface area contributed by atoms with Crippen molar-refractivity contribution in [2.75, 3.05) is 0 Å². The molecule has 1 aromatic rings. The van der Waals surface area contributed by atoms with Crippen LogP contribution in [0.5, 0.6) is 0 Å². The lowest BCUT2D eigenvalue weighted by Crippen LogP contribution is -2.39. The molecule has 0 spiro atoms. The Kier molecular flexibility index (Phi) is 4.14. The molecule has 0 bridgehead atoms. The standard InChI is InChI=1S/C12H14N2O4/c1-9(14(17)13-16)12(2,3)18-11(15)10-7-5-4-6-8-10/h4-8H,1-3H3/b14-9+. The van der Waals surface area contributed by atoms with E-state index in [9.17, 15) is 14.9 Å². The summed E-state index contributed by atoms with van der Waals surface area (Å²) in [4.78, 5) is 21.9. The van der Waals surface area contributed by atoms with Crippen LogP contribution in [-0.2, 0) is 4.74 Å². The summed E-state index contributed by atoms with van der Waals surface area (Å²) in [7, 11) is 0. The van der Waals surface area contributed by atoms with Gasteiger partial charge in [0.1, 0.15) is 0 Å². The van der Waals surface area contributed by atoms with Crippen molar-refractivity contribution in [2.45, 2.75) is 26.4 Å². The number of nitrogens with zero attached hydrogens (tertiary/aromatic N) is 2. The predicted molar refractivity (Wildman–Crippen MR) is 66.0 cm³/mol. The zero-order valence-corrected chi connectivity index (χ0v) is 10.4. The van der Waals surface area contributed by atoms with Crippen molar-refractivity contribution in [1.29, 1.82) is 0 Å². The highest BCUT2D eigenvalue weighted by molar-refractivity contribution is 5.93. The number of rotatable bonds is 4. The Balaban J connectivity index is 2.91. The van der Waals surface area contributed by atoms with Crippen LogP contribution in [0.2, 0.25) is 0 Å². The van der Waals surface area contributed by atoms with E-state index < -0.39 is 11.6 Å². The predicted octanol–water partition coefficient (Wildman–Crippen LogP) is 2.27. The van der Waals surface area contributed by atoms with E-state index in [0.29, 0.717) is 5.56 Å². The number of esters is 1. The Morgan fingerprint density at radius 2 is 1.89 bits per heavy atom. The van der Waals surface area contributed by atoms with Crippen LogP contribution in [-0.4, -0.2) is 22.1 Å². The second kappa shape index (κ2) is 5.39. The van der Waals surface area contributed by atoms with Gasteiger partial charge in [-0.05, 0) is 30.8 Å². The summed E-state index contributed by atoms with van der Waals surface area (Å²) >= 11 is 0. The average Bonchev–Trinajstić information content (AvgIpc) is 2.37. The molecule has 0 amide bonds. The van der Waals surface area contributed by atoms with Crippen LogP contribution in [0, 0.1) is 10.1 Å². The summed E-state index contributed by atoms with van der Waals surface area (Å²) < 4.78 is 5.19. The van der Waals surface area contributed by atoms with Crippen LogP contribution in [0.25, 0.3) is 0 Å². The van der Waals surface area contributed by atoms with Crippen LogP contribution in [0.1, 0.15) is 31.1 Å². The highest BCUT2D eigenvalue weighted by Gasteiger charge is 2.33. The lowest BCUT2D eigenvalue weighted by molar-refractivity contribution is -0.470. The summed E-state index contributed by atoms with van der Waals surface area (Å²) in [6.45, 7) is 4.41. The van der Waals surface area contributed by atoms with Gasteiger partial charge in [0, 0.05) is 6.92 Å². The van der Waals surface area contributed by atoms with E-state index in [1.807, 2.05) is 0 Å². The number of carbonyl (C=O) groups is 1. The average molecular weight is 250 g/mol. The molecule has 0 saturated carbocycles. The molecule has 0 saturated heterocycles. The molecule has 96 valence electrons. The van der Waals surface area contributed by atoms with Gasteiger partial charge in [0.15, 0.2) is 5.60 Å². The molecule has 0 heterocycles. The third-order valence-corrected chi connectivity index (χ3v) is 2.59. The summed E-state index contributed by atoms with van der Waals surface area (Å²) in [6.07, 6.45) is 0. The first-order valence-corrected chi connectivity index (χ1v) is 5.31. The first kappa shape index (κ1) is 13.8. The molecule has 6 nitrogen and oxygen atoms in total. The fraction of sp³-hybridized carbons (Fsp3) is 0.333. The molecule has 1 aromatic carbocycles. The molecule has 0 aliphatic carbocycles. The van der Waals surface area contributed by atoms with E-state index in [0.717, 1.165) is 0 Å². The molecule has 0 aromatic heterocycles. The van der Waals surface area contributed by atoms with E-state index >= 15 is 0 Å². The van der Waals surface area contributed by atoms with Gasteiger partial charge in [0.2, 0.25) is 5.71 Å².